The van der Waals surface area contributed by atoms with E-state index in [9.17, 15) is 13.2 Å². The zero-order valence-electron chi connectivity index (χ0n) is 23.9. The number of morpholine rings is 1. The molecule has 2 aliphatic heterocycles. The summed E-state index contributed by atoms with van der Waals surface area (Å²) in [5.74, 6) is -0.101. The van der Waals surface area contributed by atoms with Crippen LogP contribution in [0.3, 0.4) is 0 Å². The smallest absolute Gasteiger partial charge is 0.399 e. The van der Waals surface area contributed by atoms with Crippen molar-refractivity contribution in [2.45, 2.75) is 4.90 Å². The van der Waals surface area contributed by atoms with Gasteiger partial charge in [-0.3, -0.25) is 4.90 Å². The molecule has 7 rings (SSSR count). The SMILES string of the molecule is O=C(Oc1cccs1)N(CC1C2CN(S(=O)(=O)c3ccc(-c4ccccc4)cc3)CC12)c1ccc(N2CCOCC2)c(F)c1. The Bertz CT molecular complexity index is 1720. The van der Waals surface area contributed by atoms with E-state index in [4.69, 9.17) is 9.47 Å². The van der Waals surface area contributed by atoms with Crippen LogP contribution in [0.1, 0.15) is 0 Å². The third-order valence-electron chi connectivity index (χ3n) is 8.83. The Morgan fingerprint density at radius 3 is 2.30 bits per heavy atom. The van der Waals surface area contributed by atoms with Gasteiger partial charge in [0.15, 0.2) is 5.06 Å². The quantitative estimate of drug-likeness (QED) is 0.238. The zero-order valence-corrected chi connectivity index (χ0v) is 25.6. The van der Waals surface area contributed by atoms with E-state index in [0.717, 1.165) is 11.1 Å². The van der Waals surface area contributed by atoms with E-state index < -0.39 is 21.9 Å². The number of hydrogen-bond acceptors (Lipinski definition) is 7. The number of hydrogen-bond donors (Lipinski definition) is 0. The van der Waals surface area contributed by atoms with Crippen LogP contribution in [0.2, 0.25) is 0 Å². The molecule has 3 heterocycles. The van der Waals surface area contributed by atoms with Crippen LogP contribution in [0.5, 0.6) is 5.06 Å². The Balaban J connectivity index is 1.05. The van der Waals surface area contributed by atoms with Crippen molar-refractivity contribution in [2.75, 3.05) is 55.7 Å². The summed E-state index contributed by atoms with van der Waals surface area (Å²) in [7, 11) is -3.65. The number of carbonyl (C=O) groups excluding carboxylic acids is 1. The number of amides is 1. The Kier molecular flexibility index (Phi) is 7.88. The molecule has 0 N–H and O–H groups in total. The number of carbonyl (C=O) groups is 1. The van der Waals surface area contributed by atoms with Crippen LogP contribution in [-0.2, 0) is 14.8 Å². The van der Waals surface area contributed by atoms with E-state index in [1.165, 1.54) is 22.3 Å². The number of piperidine rings is 1. The highest BCUT2D eigenvalue weighted by atomic mass is 32.2. The fourth-order valence-corrected chi connectivity index (χ4v) is 8.44. The summed E-state index contributed by atoms with van der Waals surface area (Å²) in [6.07, 6.45) is -0.584. The first-order valence-electron chi connectivity index (χ1n) is 14.7. The maximum atomic E-state index is 15.4. The molecule has 1 aliphatic carbocycles. The van der Waals surface area contributed by atoms with E-state index in [2.05, 4.69) is 0 Å². The molecular formula is C33H32FN3O5S2. The van der Waals surface area contributed by atoms with E-state index in [0.29, 0.717) is 62.4 Å². The number of nitrogens with zero attached hydrogens (tertiary/aromatic N) is 3. The number of thiophene rings is 1. The molecule has 0 spiro atoms. The van der Waals surface area contributed by atoms with Crippen LogP contribution in [0.15, 0.2) is 95.2 Å². The topological polar surface area (TPSA) is 79.4 Å². The van der Waals surface area contributed by atoms with Crippen molar-refractivity contribution < 1.29 is 27.1 Å². The van der Waals surface area contributed by atoms with Crippen molar-refractivity contribution in [1.82, 2.24) is 4.31 Å². The normalized spacial score (nSPS) is 21.6. The first-order chi connectivity index (χ1) is 21.4. The standard InChI is InChI=1S/C33H32FN3O5S2/c34-30-19-25(10-13-31(30)35-14-16-41-17-15-35)37(33(38)42-32-7-4-18-43-32)22-29-27-20-36(21-28(27)29)44(39,40)26-11-8-24(9-12-26)23-5-2-1-3-6-23/h1-13,18-19,27-29H,14-17,20-22H2. The third kappa shape index (κ3) is 5.72. The van der Waals surface area contributed by atoms with Crippen LogP contribution < -0.4 is 14.5 Å². The Morgan fingerprint density at radius 1 is 0.932 bits per heavy atom. The maximum absolute atomic E-state index is 15.4. The van der Waals surface area contributed by atoms with Crippen LogP contribution >= 0.6 is 11.3 Å². The van der Waals surface area contributed by atoms with Crippen LogP contribution in [0.4, 0.5) is 20.6 Å². The summed E-state index contributed by atoms with van der Waals surface area (Å²) in [6.45, 7) is 3.36. The van der Waals surface area contributed by atoms with E-state index in [1.807, 2.05) is 52.7 Å². The second-order valence-electron chi connectivity index (χ2n) is 11.3. The van der Waals surface area contributed by atoms with E-state index in [-0.39, 0.29) is 22.6 Å². The lowest BCUT2D eigenvalue weighted by atomic mass is 10.1. The molecule has 3 fully saturated rings. The predicted octanol–water partition coefficient (Wildman–Crippen LogP) is 5.96. The Morgan fingerprint density at radius 2 is 1.64 bits per heavy atom. The molecule has 44 heavy (non-hydrogen) atoms. The summed E-state index contributed by atoms with van der Waals surface area (Å²) in [5, 5.41) is 2.27. The van der Waals surface area contributed by atoms with Crippen LogP contribution in [0, 0.1) is 23.6 Å². The van der Waals surface area contributed by atoms with Gasteiger partial charge in [-0.05, 0) is 76.7 Å². The molecule has 0 radical (unpaired) electrons. The lowest BCUT2D eigenvalue weighted by molar-refractivity contribution is 0.122. The molecule has 4 aromatic rings. The number of rotatable bonds is 8. The van der Waals surface area contributed by atoms with Crippen molar-refractivity contribution >= 4 is 38.8 Å². The van der Waals surface area contributed by atoms with Crippen LogP contribution in [-0.4, -0.2) is 64.8 Å². The predicted molar refractivity (Wildman–Crippen MR) is 168 cm³/mol. The molecule has 1 saturated carbocycles. The van der Waals surface area contributed by atoms with Gasteiger partial charge in [0, 0.05) is 32.7 Å². The fourth-order valence-electron chi connectivity index (χ4n) is 6.36. The minimum atomic E-state index is -3.65. The number of sulfonamides is 1. The minimum absolute atomic E-state index is 0.0831. The summed E-state index contributed by atoms with van der Waals surface area (Å²) >= 11 is 1.30. The molecular weight excluding hydrogens is 602 g/mol. The summed E-state index contributed by atoms with van der Waals surface area (Å²) in [6, 6.07) is 25.2. The Hall–Kier alpha value is -3.77. The van der Waals surface area contributed by atoms with Gasteiger partial charge >= 0.3 is 6.09 Å². The largest absolute Gasteiger partial charge is 0.420 e. The molecule has 3 aliphatic rings. The summed E-state index contributed by atoms with van der Waals surface area (Å²) in [5.41, 5.74) is 2.87. The van der Waals surface area contributed by atoms with Gasteiger partial charge in [0.05, 0.1) is 29.5 Å². The average Bonchev–Trinajstić information content (AvgIpc) is 3.39. The fraction of sp³-hybridized carbons (Fsp3) is 0.303. The first-order valence-corrected chi connectivity index (χ1v) is 17.0. The average molecular weight is 634 g/mol. The van der Waals surface area contributed by atoms with Crippen molar-refractivity contribution in [3.63, 3.8) is 0 Å². The Labute approximate surface area is 260 Å². The number of ether oxygens (including phenoxy) is 2. The molecule has 3 aromatic carbocycles. The molecule has 1 amide bonds. The van der Waals surface area contributed by atoms with Crippen molar-refractivity contribution in [2.24, 2.45) is 17.8 Å². The first kappa shape index (κ1) is 29.0. The molecule has 228 valence electrons. The second-order valence-corrected chi connectivity index (χ2v) is 14.2. The van der Waals surface area contributed by atoms with Gasteiger partial charge in [-0.1, -0.05) is 42.5 Å². The lowest BCUT2D eigenvalue weighted by Gasteiger charge is -2.30. The van der Waals surface area contributed by atoms with Gasteiger partial charge in [0.1, 0.15) is 5.82 Å². The highest BCUT2D eigenvalue weighted by Crippen LogP contribution is 2.53. The molecule has 8 nitrogen and oxygen atoms in total. The monoisotopic (exact) mass is 633 g/mol. The molecule has 0 bridgehead atoms. The second kappa shape index (κ2) is 12.0. The third-order valence-corrected chi connectivity index (χ3v) is 11.4. The maximum Gasteiger partial charge on any atom is 0.420 e. The lowest BCUT2D eigenvalue weighted by Crippen LogP contribution is -2.38. The number of anilines is 2. The highest BCUT2D eigenvalue weighted by Gasteiger charge is 2.58. The van der Waals surface area contributed by atoms with Gasteiger partial charge < -0.3 is 14.4 Å². The molecule has 2 saturated heterocycles. The van der Waals surface area contributed by atoms with Gasteiger partial charge in [-0.25, -0.2) is 17.6 Å². The van der Waals surface area contributed by atoms with Crippen LogP contribution in [0.25, 0.3) is 11.1 Å². The van der Waals surface area contributed by atoms with Gasteiger partial charge in [0.25, 0.3) is 0 Å². The van der Waals surface area contributed by atoms with Crippen molar-refractivity contribution in [3.8, 4) is 16.2 Å². The number of benzene rings is 3. The van der Waals surface area contributed by atoms with Crippen molar-refractivity contribution in [3.05, 3.63) is 96.1 Å². The molecule has 1 aromatic heterocycles. The van der Waals surface area contributed by atoms with Crippen molar-refractivity contribution in [1.29, 1.82) is 0 Å². The number of fused-ring (bicyclic) bond motifs is 1. The zero-order chi connectivity index (χ0) is 30.3. The van der Waals surface area contributed by atoms with E-state index >= 15 is 4.39 Å². The van der Waals surface area contributed by atoms with E-state index in [1.54, 1.807) is 40.7 Å². The van der Waals surface area contributed by atoms with Gasteiger partial charge in [-0.15, -0.1) is 11.3 Å². The minimum Gasteiger partial charge on any atom is -0.399 e. The number of halogens is 1. The van der Waals surface area contributed by atoms with Gasteiger partial charge in [0.2, 0.25) is 10.0 Å². The summed E-state index contributed by atoms with van der Waals surface area (Å²) < 4.78 is 54.9. The highest BCUT2D eigenvalue weighted by molar-refractivity contribution is 7.89. The molecule has 2 atom stereocenters. The molecule has 2 unspecified atom stereocenters. The molecule has 11 heteroatoms. The summed E-state index contributed by atoms with van der Waals surface area (Å²) in [4.78, 5) is 17.1. The van der Waals surface area contributed by atoms with Gasteiger partial charge in [-0.2, -0.15) is 4.31 Å².